The minimum absolute atomic E-state index is 0.239. The highest BCUT2D eigenvalue weighted by Crippen LogP contribution is 2.35. The van der Waals surface area contributed by atoms with Crippen LogP contribution in [0, 0.1) is 0 Å². The molecule has 6 rings (SSSR count). The molecule has 0 spiro atoms. The lowest BCUT2D eigenvalue weighted by Crippen LogP contribution is -2.19. The number of imidazole rings is 1. The average molecular weight is 484 g/mol. The first kappa shape index (κ1) is 21.2. The Hall–Kier alpha value is -3.33. The number of fused-ring (bicyclic) bond motifs is 2. The Kier molecular flexibility index (Phi) is 5.93. The fourth-order valence-corrected chi connectivity index (χ4v) is 5.55. The van der Waals surface area contributed by atoms with Crippen LogP contribution in [-0.2, 0) is 11.3 Å². The van der Waals surface area contributed by atoms with Crippen molar-refractivity contribution in [1.29, 1.82) is 0 Å². The van der Waals surface area contributed by atoms with Gasteiger partial charge in [0.2, 0.25) is 0 Å². The van der Waals surface area contributed by atoms with E-state index in [2.05, 4.69) is 41.7 Å². The molecule has 34 heavy (non-hydrogen) atoms. The van der Waals surface area contributed by atoms with Crippen molar-refractivity contribution in [3.05, 3.63) is 96.8 Å². The third-order valence-electron chi connectivity index (χ3n) is 5.50. The second kappa shape index (κ2) is 9.50. The van der Waals surface area contributed by atoms with Gasteiger partial charge in [0.05, 0.1) is 19.5 Å². The summed E-state index contributed by atoms with van der Waals surface area (Å²) in [5, 5.41) is 5.03. The van der Waals surface area contributed by atoms with Crippen LogP contribution in [0.4, 0.5) is 5.69 Å². The number of ether oxygens (including phenoxy) is 1. The van der Waals surface area contributed by atoms with Crippen LogP contribution < -0.4 is 5.32 Å². The second-order valence-corrected chi connectivity index (χ2v) is 9.87. The quantitative estimate of drug-likeness (QED) is 0.233. The van der Waals surface area contributed by atoms with Crippen molar-refractivity contribution in [2.24, 2.45) is 0 Å². The van der Waals surface area contributed by atoms with Gasteiger partial charge in [-0.25, -0.2) is 15.0 Å². The van der Waals surface area contributed by atoms with Crippen LogP contribution in [0.15, 0.2) is 111 Å². The highest BCUT2D eigenvalue weighted by atomic mass is 32.2. The summed E-state index contributed by atoms with van der Waals surface area (Å²) in [7, 11) is 0. The highest BCUT2D eigenvalue weighted by molar-refractivity contribution is 8.00. The number of hydrogen-bond acceptors (Lipinski definition) is 7. The Morgan fingerprint density at radius 3 is 2.32 bits per heavy atom. The van der Waals surface area contributed by atoms with Gasteiger partial charge in [0.1, 0.15) is 10.5 Å². The lowest BCUT2D eigenvalue weighted by atomic mass is 10.2. The number of nitrogens with one attached hydrogen (secondary N) is 1. The van der Waals surface area contributed by atoms with Crippen molar-refractivity contribution in [2.75, 3.05) is 11.9 Å². The summed E-state index contributed by atoms with van der Waals surface area (Å²) in [5.41, 5.74) is 3.79. The van der Waals surface area contributed by atoms with Gasteiger partial charge in [-0.15, -0.1) is 0 Å². The zero-order valence-corrected chi connectivity index (χ0v) is 19.8. The third-order valence-corrected chi connectivity index (χ3v) is 7.36. The molecule has 0 fully saturated rings. The summed E-state index contributed by atoms with van der Waals surface area (Å²) < 4.78 is 8.30. The number of para-hydroxylation sites is 1. The van der Waals surface area contributed by atoms with E-state index < -0.39 is 0 Å². The molecule has 168 valence electrons. The SMILES string of the molecule is c1ccc(Sc2nc(Sc3ccccc3)c3ncn(C4CNc5ccccc5CO4)c3n2)cc1. The van der Waals surface area contributed by atoms with E-state index in [9.17, 15) is 0 Å². The molecule has 0 bridgehead atoms. The molecule has 0 aliphatic carbocycles. The fourth-order valence-electron chi connectivity index (χ4n) is 3.83. The van der Waals surface area contributed by atoms with E-state index in [4.69, 9.17) is 19.7 Å². The monoisotopic (exact) mass is 483 g/mol. The fraction of sp³-hybridized carbons (Fsp3) is 0.115. The normalized spacial score (nSPS) is 15.5. The van der Waals surface area contributed by atoms with Gasteiger partial charge >= 0.3 is 0 Å². The molecular formula is C26H21N5OS2. The number of nitrogens with zero attached hydrogens (tertiary/aromatic N) is 4. The van der Waals surface area contributed by atoms with Gasteiger partial charge < -0.3 is 10.1 Å². The molecule has 1 aliphatic heterocycles. The minimum Gasteiger partial charge on any atom is -0.380 e. The summed E-state index contributed by atoms with van der Waals surface area (Å²) in [6.45, 7) is 1.14. The zero-order valence-electron chi connectivity index (χ0n) is 18.2. The summed E-state index contributed by atoms with van der Waals surface area (Å²) >= 11 is 3.15. The van der Waals surface area contributed by atoms with Crippen molar-refractivity contribution in [1.82, 2.24) is 19.5 Å². The lowest BCUT2D eigenvalue weighted by molar-refractivity contribution is 0.00568. The predicted octanol–water partition coefficient (Wildman–Crippen LogP) is 6.27. The summed E-state index contributed by atoms with van der Waals surface area (Å²) in [4.78, 5) is 16.7. The molecule has 6 nitrogen and oxygen atoms in total. The van der Waals surface area contributed by atoms with E-state index in [0.717, 1.165) is 37.2 Å². The van der Waals surface area contributed by atoms with E-state index in [1.807, 2.05) is 59.4 Å². The molecule has 1 aliphatic rings. The minimum atomic E-state index is -0.239. The molecule has 3 aromatic carbocycles. The maximum absolute atomic E-state index is 6.28. The van der Waals surface area contributed by atoms with Crippen molar-refractivity contribution in [3.8, 4) is 0 Å². The highest BCUT2D eigenvalue weighted by Gasteiger charge is 2.22. The molecule has 1 unspecified atom stereocenters. The smallest absolute Gasteiger partial charge is 0.195 e. The molecule has 0 saturated heterocycles. The van der Waals surface area contributed by atoms with E-state index >= 15 is 0 Å². The van der Waals surface area contributed by atoms with E-state index in [1.165, 1.54) is 0 Å². The molecule has 1 atom stereocenters. The Morgan fingerprint density at radius 2 is 1.53 bits per heavy atom. The van der Waals surface area contributed by atoms with Gasteiger partial charge in [-0.05, 0) is 42.1 Å². The Labute approximate surface area is 205 Å². The van der Waals surface area contributed by atoms with Gasteiger partial charge in [0.15, 0.2) is 17.0 Å². The topological polar surface area (TPSA) is 64.9 Å². The molecule has 3 heterocycles. The first-order valence-electron chi connectivity index (χ1n) is 11.0. The van der Waals surface area contributed by atoms with Gasteiger partial charge in [0.25, 0.3) is 0 Å². The van der Waals surface area contributed by atoms with Crippen LogP contribution in [0.25, 0.3) is 11.2 Å². The van der Waals surface area contributed by atoms with Gasteiger partial charge in [-0.1, -0.05) is 66.4 Å². The average Bonchev–Trinajstić information content (AvgIpc) is 3.18. The molecule has 8 heteroatoms. The summed E-state index contributed by atoms with van der Waals surface area (Å²) in [6, 6.07) is 28.6. The molecular weight excluding hydrogens is 462 g/mol. The molecule has 2 aromatic heterocycles. The molecule has 1 N–H and O–H groups in total. The molecule has 5 aromatic rings. The Morgan fingerprint density at radius 1 is 0.824 bits per heavy atom. The van der Waals surface area contributed by atoms with Crippen LogP contribution in [0.5, 0.6) is 0 Å². The maximum Gasteiger partial charge on any atom is 0.195 e. The van der Waals surface area contributed by atoms with Gasteiger partial charge in [0, 0.05) is 21.0 Å². The number of anilines is 1. The first-order chi connectivity index (χ1) is 16.8. The van der Waals surface area contributed by atoms with Crippen LogP contribution in [0.2, 0.25) is 0 Å². The van der Waals surface area contributed by atoms with E-state index in [-0.39, 0.29) is 6.23 Å². The molecule has 0 amide bonds. The molecule has 0 radical (unpaired) electrons. The number of hydrogen-bond donors (Lipinski definition) is 1. The van der Waals surface area contributed by atoms with Crippen LogP contribution in [-0.4, -0.2) is 26.1 Å². The van der Waals surface area contributed by atoms with Crippen molar-refractivity contribution >= 4 is 40.4 Å². The van der Waals surface area contributed by atoms with Crippen LogP contribution >= 0.6 is 23.5 Å². The standard InChI is InChI=1S/C26H21N5OS2/c1-3-10-19(11-4-1)33-25-23-24(29-26(30-25)34-20-12-5-2-6-13-20)31(17-28-23)22-15-27-21-14-8-7-9-18(21)16-32-22/h1-14,17,22,27H,15-16H2. The Balaban J connectivity index is 1.39. The van der Waals surface area contributed by atoms with Crippen molar-refractivity contribution in [3.63, 3.8) is 0 Å². The number of aromatic nitrogens is 4. The number of rotatable bonds is 5. The lowest BCUT2D eigenvalue weighted by Gasteiger charge is -2.17. The van der Waals surface area contributed by atoms with Crippen LogP contribution in [0.3, 0.4) is 0 Å². The number of benzene rings is 3. The summed E-state index contributed by atoms with van der Waals surface area (Å²) in [5.74, 6) is 0. The maximum atomic E-state index is 6.28. The third kappa shape index (κ3) is 4.40. The van der Waals surface area contributed by atoms with E-state index in [1.54, 1.807) is 23.5 Å². The van der Waals surface area contributed by atoms with E-state index in [0.29, 0.717) is 18.3 Å². The van der Waals surface area contributed by atoms with Crippen molar-refractivity contribution < 1.29 is 4.74 Å². The van der Waals surface area contributed by atoms with Gasteiger partial charge in [-0.3, -0.25) is 4.57 Å². The largest absolute Gasteiger partial charge is 0.380 e. The van der Waals surface area contributed by atoms with Crippen LogP contribution in [0.1, 0.15) is 11.8 Å². The van der Waals surface area contributed by atoms with Gasteiger partial charge in [-0.2, -0.15) is 0 Å². The summed E-state index contributed by atoms with van der Waals surface area (Å²) in [6.07, 6.45) is 1.57. The van der Waals surface area contributed by atoms with Crippen molar-refractivity contribution in [2.45, 2.75) is 32.8 Å². The Bertz CT molecular complexity index is 1400. The first-order valence-corrected chi connectivity index (χ1v) is 12.6. The second-order valence-electron chi connectivity index (χ2n) is 7.77. The molecule has 0 saturated carbocycles. The zero-order chi connectivity index (χ0) is 22.7. The predicted molar refractivity (Wildman–Crippen MR) is 135 cm³/mol.